The summed E-state index contributed by atoms with van der Waals surface area (Å²) >= 11 is 0. The molecule has 1 aliphatic carbocycles. The normalized spacial score (nSPS) is 26.5. The summed E-state index contributed by atoms with van der Waals surface area (Å²) in [4.78, 5) is 46.1. The van der Waals surface area contributed by atoms with Gasteiger partial charge in [-0.3, -0.25) is 4.79 Å². The van der Waals surface area contributed by atoms with Gasteiger partial charge in [0.25, 0.3) is 0 Å². The Labute approximate surface area is 235 Å². The van der Waals surface area contributed by atoms with E-state index in [9.17, 15) is 14.4 Å². The quantitative estimate of drug-likeness (QED) is 0.544. The number of esters is 1. The SMILES string of the molecule is CCOC(=O)[C@H]1C[C@@H]2CN1C(=O)[C@H](C1CCCC1)NC(=O)OCC(C)(C)C/C=C\c1ccc3ccnc(c3c1)O2. The Hall–Kier alpha value is -3.62. The van der Waals surface area contributed by atoms with Crippen LogP contribution in [0.2, 0.25) is 0 Å². The second kappa shape index (κ2) is 11.9. The van der Waals surface area contributed by atoms with E-state index in [1.54, 1.807) is 13.1 Å². The van der Waals surface area contributed by atoms with E-state index in [1.807, 2.05) is 44.2 Å². The lowest BCUT2D eigenvalue weighted by atomic mass is 9.90. The zero-order valence-corrected chi connectivity index (χ0v) is 23.6. The number of hydrogen-bond acceptors (Lipinski definition) is 7. The maximum absolute atomic E-state index is 14.1. The first-order chi connectivity index (χ1) is 19.2. The molecule has 2 aromatic rings. The highest BCUT2D eigenvalue weighted by atomic mass is 16.6. The number of allylic oxidation sites excluding steroid dienone is 1. The van der Waals surface area contributed by atoms with Gasteiger partial charge in [0.1, 0.15) is 18.2 Å². The van der Waals surface area contributed by atoms with E-state index in [1.165, 1.54) is 4.90 Å². The molecule has 2 amide bonds. The average Bonchev–Trinajstić information content (AvgIpc) is 3.61. The third kappa shape index (κ3) is 6.24. The fourth-order valence-corrected chi connectivity index (χ4v) is 5.96. The van der Waals surface area contributed by atoms with Crippen LogP contribution in [0.3, 0.4) is 0 Å². The predicted molar refractivity (Wildman–Crippen MR) is 151 cm³/mol. The lowest BCUT2D eigenvalue weighted by Gasteiger charge is -2.31. The molecule has 9 heteroatoms. The molecule has 0 radical (unpaired) electrons. The number of pyridine rings is 1. The van der Waals surface area contributed by atoms with Gasteiger partial charge in [-0.1, -0.05) is 51.0 Å². The van der Waals surface area contributed by atoms with Gasteiger partial charge in [0.15, 0.2) is 0 Å². The molecule has 1 aromatic carbocycles. The molecule has 3 heterocycles. The van der Waals surface area contributed by atoms with Crippen LogP contribution in [-0.4, -0.2) is 65.8 Å². The molecule has 3 atom stereocenters. The van der Waals surface area contributed by atoms with Gasteiger partial charge >= 0.3 is 12.1 Å². The maximum atomic E-state index is 14.1. The van der Waals surface area contributed by atoms with E-state index in [-0.39, 0.29) is 43.4 Å². The largest absolute Gasteiger partial charge is 0.472 e. The third-order valence-electron chi connectivity index (χ3n) is 8.12. The van der Waals surface area contributed by atoms with Crippen LogP contribution < -0.4 is 10.1 Å². The van der Waals surface area contributed by atoms with Crippen molar-refractivity contribution in [1.82, 2.24) is 15.2 Å². The molecule has 3 aliphatic rings. The van der Waals surface area contributed by atoms with Gasteiger partial charge < -0.3 is 24.4 Å². The molecule has 4 bridgehead atoms. The first-order valence-electron chi connectivity index (χ1n) is 14.4. The maximum Gasteiger partial charge on any atom is 0.407 e. The number of ether oxygens (including phenoxy) is 3. The first-order valence-corrected chi connectivity index (χ1v) is 14.4. The molecule has 214 valence electrons. The van der Waals surface area contributed by atoms with Crippen LogP contribution in [-0.2, 0) is 19.1 Å². The van der Waals surface area contributed by atoms with E-state index in [0.29, 0.717) is 12.3 Å². The van der Waals surface area contributed by atoms with Crippen molar-refractivity contribution in [2.45, 2.75) is 77.5 Å². The van der Waals surface area contributed by atoms with Crippen molar-refractivity contribution in [2.75, 3.05) is 19.8 Å². The monoisotopic (exact) mass is 549 g/mol. The molecule has 1 aromatic heterocycles. The lowest BCUT2D eigenvalue weighted by Crippen LogP contribution is -2.55. The van der Waals surface area contributed by atoms with Gasteiger partial charge in [-0.15, -0.1) is 0 Å². The van der Waals surface area contributed by atoms with Crippen molar-refractivity contribution in [1.29, 1.82) is 0 Å². The van der Waals surface area contributed by atoms with Crippen molar-refractivity contribution in [3.05, 3.63) is 42.1 Å². The van der Waals surface area contributed by atoms with Crippen molar-refractivity contribution >= 4 is 34.8 Å². The van der Waals surface area contributed by atoms with Crippen LogP contribution >= 0.6 is 0 Å². The van der Waals surface area contributed by atoms with Gasteiger partial charge in [0.05, 0.1) is 19.8 Å². The van der Waals surface area contributed by atoms with Crippen LogP contribution in [0.5, 0.6) is 5.88 Å². The summed E-state index contributed by atoms with van der Waals surface area (Å²) < 4.78 is 17.4. The molecule has 2 fully saturated rings. The molecule has 0 spiro atoms. The minimum absolute atomic E-state index is 0.0254. The van der Waals surface area contributed by atoms with Crippen molar-refractivity contribution in [2.24, 2.45) is 11.3 Å². The number of nitrogens with zero attached hydrogens (tertiary/aromatic N) is 2. The highest BCUT2D eigenvalue weighted by Crippen LogP contribution is 2.33. The van der Waals surface area contributed by atoms with E-state index in [0.717, 1.165) is 42.0 Å². The van der Waals surface area contributed by atoms with E-state index in [4.69, 9.17) is 14.2 Å². The number of hydrogen-bond donors (Lipinski definition) is 1. The minimum Gasteiger partial charge on any atom is -0.472 e. The Morgan fingerprint density at radius 1 is 1.20 bits per heavy atom. The Balaban J connectivity index is 1.52. The van der Waals surface area contributed by atoms with Gasteiger partial charge in [-0.25, -0.2) is 14.6 Å². The number of alkyl carbamates (subject to hydrolysis) is 1. The minimum atomic E-state index is -0.811. The number of carbonyl (C=O) groups excluding carboxylic acids is 3. The Morgan fingerprint density at radius 3 is 2.77 bits per heavy atom. The Morgan fingerprint density at radius 2 is 2.00 bits per heavy atom. The predicted octanol–water partition coefficient (Wildman–Crippen LogP) is 4.87. The van der Waals surface area contributed by atoms with Crippen LogP contribution in [0, 0.1) is 11.3 Å². The smallest absolute Gasteiger partial charge is 0.407 e. The first kappa shape index (κ1) is 27.9. The number of nitrogens with one attached hydrogen (secondary N) is 1. The van der Waals surface area contributed by atoms with Gasteiger partial charge in [0.2, 0.25) is 11.8 Å². The lowest BCUT2D eigenvalue weighted by molar-refractivity contribution is -0.154. The summed E-state index contributed by atoms with van der Waals surface area (Å²) in [5.41, 5.74) is 0.684. The van der Waals surface area contributed by atoms with Crippen molar-refractivity contribution in [3.8, 4) is 5.88 Å². The molecule has 1 saturated heterocycles. The molecular formula is C31H39N3O6. The highest BCUT2D eigenvalue weighted by Gasteiger charge is 2.46. The summed E-state index contributed by atoms with van der Waals surface area (Å²) in [6.45, 7) is 6.40. The third-order valence-corrected chi connectivity index (χ3v) is 8.12. The van der Waals surface area contributed by atoms with Crippen LogP contribution in [0.1, 0.15) is 64.9 Å². The van der Waals surface area contributed by atoms with Gasteiger partial charge in [0, 0.05) is 23.4 Å². The van der Waals surface area contributed by atoms with Crippen LogP contribution in [0.15, 0.2) is 36.5 Å². The zero-order chi connectivity index (χ0) is 28.3. The second-order valence-corrected chi connectivity index (χ2v) is 11.8. The van der Waals surface area contributed by atoms with E-state index >= 15 is 0 Å². The number of aromatic nitrogens is 1. The standard InChI is InChI=1S/C31H39N3O6/c1-4-38-29(36)25-17-23-18-34(25)28(35)26(22-9-5-6-10-22)33-30(37)39-19-31(2,3)14-7-8-20-11-12-21-13-15-32-27(40-23)24(21)16-20/h7-8,11-13,15-16,22-23,25-26H,4-6,9-10,14,17-19H2,1-3H3,(H,33,37)/b8-7-/t23-,25-,26+/m1/s1. The number of fused-ring (bicyclic) bond motifs is 3. The molecule has 1 saturated carbocycles. The van der Waals surface area contributed by atoms with Crippen LogP contribution in [0.25, 0.3) is 16.8 Å². The summed E-state index contributed by atoms with van der Waals surface area (Å²) in [7, 11) is 0. The van der Waals surface area contributed by atoms with Gasteiger partial charge in [-0.05, 0) is 55.2 Å². The van der Waals surface area contributed by atoms with Crippen LogP contribution in [0.4, 0.5) is 4.79 Å². The summed E-state index contributed by atoms with van der Waals surface area (Å²) in [6.07, 6.45) is 9.34. The Kier molecular flexibility index (Phi) is 8.28. The highest BCUT2D eigenvalue weighted by molar-refractivity contribution is 5.91. The average molecular weight is 550 g/mol. The fraction of sp³-hybridized carbons (Fsp3) is 0.548. The van der Waals surface area contributed by atoms with E-state index in [2.05, 4.69) is 16.4 Å². The zero-order valence-electron chi connectivity index (χ0n) is 23.6. The summed E-state index contributed by atoms with van der Waals surface area (Å²) in [5, 5.41) is 4.72. The summed E-state index contributed by atoms with van der Waals surface area (Å²) in [6, 6.07) is 6.43. The molecule has 1 N–H and O–H groups in total. The van der Waals surface area contributed by atoms with E-state index < -0.39 is 30.3 Å². The molecular weight excluding hydrogens is 510 g/mol. The number of rotatable bonds is 3. The molecule has 9 nitrogen and oxygen atoms in total. The number of carbonyl (C=O) groups is 3. The van der Waals surface area contributed by atoms with Gasteiger partial charge in [-0.2, -0.15) is 0 Å². The summed E-state index contributed by atoms with van der Waals surface area (Å²) in [5.74, 6) is -0.335. The number of benzene rings is 1. The molecule has 2 aliphatic heterocycles. The second-order valence-electron chi connectivity index (χ2n) is 11.8. The topological polar surface area (TPSA) is 107 Å². The van der Waals surface area contributed by atoms with Crippen molar-refractivity contribution < 1.29 is 28.6 Å². The number of amides is 2. The fourth-order valence-electron chi connectivity index (χ4n) is 5.96. The molecule has 5 rings (SSSR count). The molecule has 0 unspecified atom stereocenters. The Bertz CT molecular complexity index is 1290. The number of cyclic esters (lactones) is 1. The molecule has 40 heavy (non-hydrogen) atoms. The van der Waals surface area contributed by atoms with Crippen molar-refractivity contribution in [3.63, 3.8) is 0 Å².